The fourth-order valence-electron chi connectivity index (χ4n) is 3.77. The highest BCUT2D eigenvalue weighted by molar-refractivity contribution is 6.04. The van der Waals surface area contributed by atoms with Gasteiger partial charge in [0.2, 0.25) is 0 Å². The average molecular weight is 510 g/mol. The number of rotatable bonds is 9. The van der Waals surface area contributed by atoms with E-state index in [2.05, 4.69) is 15.8 Å². The van der Waals surface area contributed by atoms with Crippen molar-refractivity contribution in [3.63, 3.8) is 0 Å². The quantitative estimate of drug-likeness (QED) is 0.148. The van der Waals surface area contributed by atoms with Gasteiger partial charge in [0.25, 0.3) is 11.8 Å². The van der Waals surface area contributed by atoms with Crippen molar-refractivity contribution in [2.45, 2.75) is 13.8 Å². The number of nitrogens with zero attached hydrogens (tertiary/aromatic N) is 1. The van der Waals surface area contributed by atoms with Crippen molar-refractivity contribution in [3.05, 3.63) is 107 Å². The number of hydrogen-bond acceptors (Lipinski definition) is 6. The van der Waals surface area contributed by atoms with Gasteiger partial charge >= 0.3 is 5.97 Å². The van der Waals surface area contributed by atoms with Crippen LogP contribution in [0, 0.1) is 6.92 Å². The van der Waals surface area contributed by atoms with Crippen molar-refractivity contribution in [1.29, 1.82) is 0 Å². The Kier molecular flexibility index (Phi) is 8.46. The maximum absolute atomic E-state index is 12.8. The molecular formula is C30H27N3O5. The lowest BCUT2D eigenvalue weighted by Crippen LogP contribution is -2.34. The highest BCUT2D eigenvalue weighted by Gasteiger charge is 2.14. The summed E-state index contributed by atoms with van der Waals surface area (Å²) in [7, 11) is 0. The molecule has 38 heavy (non-hydrogen) atoms. The number of esters is 1. The Hall–Kier alpha value is -4.98. The summed E-state index contributed by atoms with van der Waals surface area (Å²) >= 11 is 0. The third-order valence-corrected chi connectivity index (χ3v) is 5.61. The molecule has 8 nitrogen and oxygen atoms in total. The second-order valence-electron chi connectivity index (χ2n) is 8.39. The van der Waals surface area contributed by atoms with E-state index in [9.17, 15) is 14.4 Å². The lowest BCUT2D eigenvalue weighted by Gasteiger charge is -2.11. The zero-order chi connectivity index (χ0) is 26.9. The Balaban J connectivity index is 1.46. The van der Waals surface area contributed by atoms with Crippen LogP contribution in [0.15, 0.2) is 90.0 Å². The molecule has 4 aromatic carbocycles. The summed E-state index contributed by atoms with van der Waals surface area (Å²) in [5, 5.41) is 8.31. The van der Waals surface area contributed by atoms with E-state index in [1.54, 1.807) is 48.5 Å². The van der Waals surface area contributed by atoms with Gasteiger partial charge in [-0.15, -0.1) is 0 Å². The van der Waals surface area contributed by atoms with Gasteiger partial charge in [-0.2, -0.15) is 5.10 Å². The molecule has 0 saturated heterocycles. The van der Waals surface area contributed by atoms with E-state index in [4.69, 9.17) is 9.47 Å². The Morgan fingerprint density at radius 2 is 1.68 bits per heavy atom. The van der Waals surface area contributed by atoms with Crippen LogP contribution in [0.1, 0.15) is 38.8 Å². The SMILES string of the molecule is CCOc1ccc(C(=O)Oc2ccc3ccccc3c2C=NNC(=O)CNC(=O)c2cccc(C)c2)cc1. The molecule has 0 bridgehead atoms. The summed E-state index contributed by atoms with van der Waals surface area (Å²) < 4.78 is 11.1. The fraction of sp³-hybridized carbons (Fsp3) is 0.133. The van der Waals surface area contributed by atoms with Crippen molar-refractivity contribution >= 4 is 34.8 Å². The van der Waals surface area contributed by atoms with E-state index in [-0.39, 0.29) is 18.2 Å². The molecule has 0 radical (unpaired) electrons. The van der Waals surface area contributed by atoms with Crippen molar-refractivity contribution in [3.8, 4) is 11.5 Å². The zero-order valence-electron chi connectivity index (χ0n) is 21.1. The number of fused-ring (bicyclic) bond motifs is 1. The highest BCUT2D eigenvalue weighted by Crippen LogP contribution is 2.27. The first kappa shape index (κ1) is 26.1. The first-order chi connectivity index (χ1) is 18.4. The Bertz CT molecular complexity index is 1500. The third kappa shape index (κ3) is 6.61. The van der Waals surface area contributed by atoms with E-state index >= 15 is 0 Å². The number of amides is 2. The normalized spacial score (nSPS) is 10.8. The van der Waals surface area contributed by atoms with Crippen LogP contribution in [0.2, 0.25) is 0 Å². The van der Waals surface area contributed by atoms with E-state index in [1.165, 1.54) is 6.21 Å². The highest BCUT2D eigenvalue weighted by atomic mass is 16.5. The number of carbonyl (C=O) groups excluding carboxylic acids is 3. The molecule has 2 N–H and O–H groups in total. The maximum atomic E-state index is 12.8. The Labute approximate surface area is 220 Å². The van der Waals surface area contributed by atoms with Crippen molar-refractivity contribution in [2.24, 2.45) is 5.10 Å². The summed E-state index contributed by atoms with van der Waals surface area (Å²) in [6, 6.07) is 24.8. The molecule has 0 saturated carbocycles. The molecule has 0 heterocycles. The molecule has 0 aliphatic heterocycles. The number of benzene rings is 4. The zero-order valence-corrected chi connectivity index (χ0v) is 21.1. The molecule has 0 aliphatic carbocycles. The number of carbonyl (C=O) groups is 3. The van der Waals surface area contributed by atoms with Crippen LogP contribution in [-0.2, 0) is 4.79 Å². The molecule has 0 unspecified atom stereocenters. The predicted molar refractivity (Wildman–Crippen MR) is 146 cm³/mol. The minimum absolute atomic E-state index is 0.251. The van der Waals surface area contributed by atoms with Gasteiger partial charge < -0.3 is 14.8 Å². The topological polar surface area (TPSA) is 106 Å². The molecule has 2 amide bonds. The van der Waals surface area contributed by atoms with Crippen LogP contribution in [0.4, 0.5) is 0 Å². The number of hydrogen-bond donors (Lipinski definition) is 2. The van der Waals surface area contributed by atoms with Crippen molar-refractivity contribution in [1.82, 2.24) is 10.7 Å². The molecule has 0 atom stereocenters. The third-order valence-electron chi connectivity index (χ3n) is 5.61. The summed E-state index contributed by atoms with van der Waals surface area (Å²) in [4.78, 5) is 37.4. The minimum Gasteiger partial charge on any atom is -0.494 e. The smallest absolute Gasteiger partial charge is 0.343 e. The van der Waals surface area contributed by atoms with Crippen LogP contribution in [0.3, 0.4) is 0 Å². The van der Waals surface area contributed by atoms with Crippen LogP contribution in [0.5, 0.6) is 11.5 Å². The molecule has 0 spiro atoms. The summed E-state index contributed by atoms with van der Waals surface area (Å²) in [5.41, 5.74) is 4.70. The van der Waals surface area contributed by atoms with E-state index < -0.39 is 11.9 Å². The van der Waals surface area contributed by atoms with Crippen LogP contribution in [-0.4, -0.2) is 37.1 Å². The van der Waals surface area contributed by atoms with Gasteiger partial charge in [0.15, 0.2) is 0 Å². The number of aryl methyl sites for hydroxylation is 1. The van der Waals surface area contributed by atoms with Gasteiger partial charge in [-0.1, -0.05) is 48.0 Å². The van der Waals surface area contributed by atoms with E-state index in [0.29, 0.717) is 29.0 Å². The molecule has 0 aromatic heterocycles. The average Bonchev–Trinajstić information content (AvgIpc) is 2.93. The molecule has 0 aliphatic rings. The number of ether oxygens (including phenoxy) is 2. The standard InChI is InChI=1S/C30H27N3O5/c1-3-37-24-14-11-22(12-15-24)30(36)38-27-16-13-21-8-4-5-10-25(21)26(27)18-32-33-28(34)19-31-29(35)23-9-6-7-20(2)17-23/h4-18H,3,19H2,1-2H3,(H,31,35)(H,33,34). The first-order valence-corrected chi connectivity index (χ1v) is 12.1. The van der Waals surface area contributed by atoms with Crippen molar-refractivity contribution in [2.75, 3.05) is 13.2 Å². The van der Waals surface area contributed by atoms with Crippen LogP contribution in [0.25, 0.3) is 10.8 Å². The monoisotopic (exact) mass is 509 g/mol. The largest absolute Gasteiger partial charge is 0.494 e. The summed E-state index contributed by atoms with van der Waals surface area (Å²) in [6.45, 7) is 4.04. The maximum Gasteiger partial charge on any atom is 0.343 e. The van der Waals surface area contributed by atoms with E-state index in [0.717, 1.165) is 16.3 Å². The molecule has 8 heteroatoms. The Morgan fingerprint density at radius 1 is 0.895 bits per heavy atom. The van der Waals surface area contributed by atoms with Crippen LogP contribution >= 0.6 is 0 Å². The van der Waals surface area contributed by atoms with Gasteiger partial charge in [-0.25, -0.2) is 10.2 Å². The van der Waals surface area contributed by atoms with Crippen LogP contribution < -0.4 is 20.2 Å². The van der Waals surface area contributed by atoms with Gasteiger partial charge in [-0.3, -0.25) is 9.59 Å². The summed E-state index contributed by atoms with van der Waals surface area (Å²) in [5.74, 6) is -0.455. The summed E-state index contributed by atoms with van der Waals surface area (Å²) in [6.07, 6.45) is 1.42. The second kappa shape index (κ2) is 12.3. The number of nitrogens with one attached hydrogen (secondary N) is 2. The van der Waals surface area contributed by atoms with Gasteiger partial charge in [0, 0.05) is 11.1 Å². The second-order valence-corrected chi connectivity index (χ2v) is 8.39. The molecule has 192 valence electrons. The predicted octanol–water partition coefficient (Wildman–Crippen LogP) is 4.65. The van der Waals surface area contributed by atoms with Crippen molar-refractivity contribution < 1.29 is 23.9 Å². The van der Waals surface area contributed by atoms with Gasteiger partial charge in [0.05, 0.1) is 24.9 Å². The molecular weight excluding hydrogens is 482 g/mol. The lowest BCUT2D eigenvalue weighted by molar-refractivity contribution is -0.120. The fourth-order valence-corrected chi connectivity index (χ4v) is 3.77. The first-order valence-electron chi connectivity index (χ1n) is 12.1. The molecule has 4 rings (SSSR count). The van der Waals surface area contributed by atoms with Gasteiger partial charge in [-0.05, 0) is 67.1 Å². The lowest BCUT2D eigenvalue weighted by atomic mass is 10.0. The number of hydrazone groups is 1. The molecule has 4 aromatic rings. The Morgan fingerprint density at radius 3 is 2.45 bits per heavy atom. The van der Waals surface area contributed by atoms with Gasteiger partial charge in [0.1, 0.15) is 11.5 Å². The molecule has 0 fully saturated rings. The minimum atomic E-state index is -0.541. The van der Waals surface area contributed by atoms with E-state index in [1.807, 2.05) is 50.2 Å².